The lowest BCUT2D eigenvalue weighted by atomic mass is 10.3. The molecule has 2 atom stereocenters. The number of carbonyl (C=O) groups excluding carboxylic acids is 1. The van der Waals surface area contributed by atoms with Crippen molar-refractivity contribution in [2.24, 2.45) is 0 Å². The van der Waals surface area contributed by atoms with Crippen LogP contribution in [0.1, 0.15) is 34.9 Å². The molecule has 1 fully saturated rings. The molecule has 1 aliphatic heterocycles. The smallest absolute Gasteiger partial charge is 0.355 e. The van der Waals surface area contributed by atoms with Gasteiger partial charge >= 0.3 is 12.0 Å². The van der Waals surface area contributed by atoms with Crippen molar-refractivity contribution in [3.05, 3.63) is 16.1 Å². The first kappa shape index (κ1) is 15.7. The molecule has 21 heavy (non-hydrogen) atoms. The average molecular weight is 333 g/mol. The second-order valence-electron chi connectivity index (χ2n) is 4.82. The molecule has 1 aliphatic rings. The highest BCUT2D eigenvalue weighted by Crippen LogP contribution is 2.18. The lowest BCUT2D eigenvalue weighted by molar-refractivity contribution is 0.0691. The minimum atomic E-state index is -3.05. The van der Waals surface area contributed by atoms with Crippen LogP contribution >= 0.6 is 11.3 Å². The van der Waals surface area contributed by atoms with Crippen LogP contribution in [-0.2, 0) is 9.84 Å². The number of carboxylic acid groups (broad SMARTS) is 1. The minimum Gasteiger partial charge on any atom is -0.476 e. The van der Waals surface area contributed by atoms with Crippen LogP contribution in [0.15, 0.2) is 5.38 Å². The third-order valence-corrected chi connectivity index (χ3v) is 5.82. The Hall–Kier alpha value is -1.68. The van der Waals surface area contributed by atoms with E-state index in [1.807, 2.05) is 0 Å². The molecule has 0 bridgehead atoms. The lowest BCUT2D eigenvalue weighted by Gasteiger charge is -2.15. The molecule has 1 saturated heterocycles. The van der Waals surface area contributed by atoms with Crippen molar-refractivity contribution < 1.29 is 23.1 Å². The van der Waals surface area contributed by atoms with E-state index in [2.05, 4.69) is 15.6 Å². The van der Waals surface area contributed by atoms with E-state index < -0.39 is 27.9 Å². The number of urea groups is 1. The lowest BCUT2D eigenvalue weighted by Crippen LogP contribution is -2.43. The molecule has 2 rings (SSSR count). The zero-order valence-electron chi connectivity index (χ0n) is 11.2. The predicted molar refractivity (Wildman–Crippen MR) is 76.2 cm³/mol. The van der Waals surface area contributed by atoms with Crippen LogP contribution in [0, 0.1) is 0 Å². The third kappa shape index (κ3) is 4.14. The number of aromatic carboxylic acids is 1. The molecule has 0 saturated carbocycles. The Morgan fingerprint density at radius 3 is 2.76 bits per heavy atom. The molecule has 2 heterocycles. The number of nitrogens with one attached hydrogen (secondary N) is 2. The number of sulfone groups is 1. The topological polar surface area (TPSA) is 125 Å². The third-order valence-electron chi connectivity index (χ3n) is 3.03. The number of hydrogen-bond acceptors (Lipinski definition) is 6. The summed E-state index contributed by atoms with van der Waals surface area (Å²) in [7, 11) is -3.05. The molecular weight excluding hydrogens is 318 g/mol. The van der Waals surface area contributed by atoms with Crippen LogP contribution in [0.2, 0.25) is 0 Å². The normalized spacial score (nSPS) is 21.7. The van der Waals surface area contributed by atoms with Gasteiger partial charge in [0.2, 0.25) is 0 Å². The van der Waals surface area contributed by atoms with Gasteiger partial charge in [0.25, 0.3) is 0 Å². The predicted octanol–water partition coefficient (Wildman–Crippen LogP) is 0.389. The highest BCUT2D eigenvalue weighted by Gasteiger charge is 2.29. The summed E-state index contributed by atoms with van der Waals surface area (Å²) < 4.78 is 22.6. The number of hydrogen-bond donors (Lipinski definition) is 3. The van der Waals surface area contributed by atoms with E-state index in [4.69, 9.17) is 5.11 Å². The van der Waals surface area contributed by atoms with Gasteiger partial charge in [-0.25, -0.2) is 23.0 Å². The van der Waals surface area contributed by atoms with Gasteiger partial charge in [-0.1, -0.05) is 0 Å². The molecule has 0 spiro atoms. The summed E-state index contributed by atoms with van der Waals surface area (Å²) in [5.74, 6) is -1.08. The van der Waals surface area contributed by atoms with Crippen molar-refractivity contribution >= 4 is 33.2 Å². The van der Waals surface area contributed by atoms with Crippen LogP contribution in [0.3, 0.4) is 0 Å². The molecule has 2 amide bonds. The second-order valence-corrected chi connectivity index (χ2v) is 7.93. The number of nitrogens with zero attached hydrogens (tertiary/aromatic N) is 1. The Kier molecular flexibility index (Phi) is 4.47. The monoisotopic (exact) mass is 333 g/mol. The van der Waals surface area contributed by atoms with E-state index in [1.54, 1.807) is 6.92 Å². The van der Waals surface area contributed by atoms with Crippen LogP contribution in [0.5, 0.6) is 0 Å². The number of rotatable bonds is 4. The van der Waals surface area contributed by atoms with Gasteiger partial charge < -0.3 is 15.7 Å². The fourth-order valence-electron chi connectivity index (χ4n) is 1.98. The summed E-state index contributed by atoms with van der Waals surface area (Å²) in [5, 5.41) is 15.9. The molecule has 10 heteroatoms. The number of carboxylic acids is 1. The van der Waals surface area contributed by atoms with Gasteiger partial charge in [-0.2, -0.15) is 0 Å². The van der Waals surface area contributed by atoms with Gasteiger partial charge in [0, 0.05) is 11.4 Å². The Bertz CT molecular complexity index is 655. The van der Waals surface area contributed by atoms with Crippen molar-refractivity contribution in [3.63, 3.8) is 0 Å². The molecule has 0 radical (unpaired) electrons. The van der Waals surface area contributed by atoms with Crippen molar-refractivity contribution in [2.45, 2.75) is 25.4 Å². The molecular formula is C11H15N3O5S2. The van der Waals surface area contributed by atoms with E-state index in [-0.39, 0.29) is 23.2 Å². The Morgan fingerprint density at radius 1 is 1.52 bits per heavy atom. The Labute approximate surface area is 125 Å². The molecule has 0 aliphatic carbocycles. The standard InChI is InChI=1S/C11H15N3O5S2/c1-6(9-14-8(4-20-9)10(15)16)12-11(17)13-7-2-3-21(18,19)5-7/h4,6-7H,2-3,5H2,1H3,(H,15,16)(H2,12,13,17). The van der Waals surface area contributed by atoms with Gasteiger partial charge in [-0.05, 0) is 13.3 Å². The highest BCUT2D eigenvalue weighted by atomic mass is 32.2. The van der Waals surface area contributed by atoms with Crippen LogP contribution in [-0.4, -0.2) is 48.1 Å². The summed E-state index contributed by atoms with van der Waals surface area (Å²) in [4.78, 5) is 26.4. The summed E-state index contributed by atoms with van der Waals surface area (Å²) in [6.07, 6.45) is 0.407. The zero-order valence-corrected chi connectivity index (χ0v) is 12.8. The number of carbonyl (C=O) groups is 2. The van der Waals surface area contributed by atoms with E-state index in [1.165, 1.54) is 5.38 Å². The quantitative estimate of drug-likeness (QED) is 0.732. The first-order valence-corrected chi connectivity index (χ1v) is 8.93. The Morgan fingerprint density at radius 2 is 2.24 bits per heavy atom. The average Bonchev–Trinajstić information content (AvgIpc) is 2.95. The fourth-order valence-corrected chi connectivity index (χ4v) is 4.45. The van der Waals surface area contributed by atoms with Gasteiger partial charge in [-0.15, -0.1) is 11.3 Å². The zero-order chi connectivity index (χ0) is 15.6. The largest absolute Gasteiger partial charge is 0.476 e. The molecule has 116 valence electrons. The number of aromatic nitrogens is 1. The maximum atomic E-state index is 11.8. The number of thiazole rings is 1. The fraction of sp³-hybridized carbons (Fsp3) is 0.545. The SMILES string of the molecule is CC(NC(=O)NC1CCS(=O)(=O)C1)c1nc(C(=O)O)cs1. The molecule has 3 N–H and O–H groups in total. The van der Waals surface area contributed by atoms with Crippen molar-refractivity contribution in [1.29, 1.82) is 0 Å². The molecule has 2 unspecified atom stereocenters. The Balaban J connectivity index is 1.88. The minimum absolute atomic E-state index is 0.0464. The van der Waals surface area contributed by atoms with E-state index in [0.29, 0.717) is 11.4 Å². The summed E-state index contributed by atoms with van der Waals surface area (Å²) in [6, 6.07) is -1.33. The second kappa shape index (κ2) is 5.98. The maximum absolute atomic E-state index is 11.8. The van der Waals surface area contributed by atoms with Crippen molar-refractivity contribution in [1.82, 2.24) is 15.6 Å². The summed E-state index contributed by atoms with van der Waals surface area (Å²) >= 11 is 1.14. The molecule has 1 aromatic rings. The maximum Gasteiger partial charge on any atom is 0.355 e. The van der Waals surface area contributed by atoms with Gasteiger partial charge in [0.05, 0.1) is 17.5 Å². The molecule has 8 nitrogen and oxygen atoms in total. The van der Waals surface area contributed by atoms with Crippen LogP contribution in [0.4, 0.5) is 4.79 Å². The molecule has 0 aromatic carbocycles. The summed E-state index contributed by atoms with van der Waals surface area (Å²) in [5.41, 5.74) is -0.0639. The first-order valence-electron chi connectivity index (χ1n) is 6.23. The summed E-state index contributed by atoms with van der Waals surface area (Å²) in [6.45, 7) is 1.68. The molecule has 1 aromatic heterocycles. The number of amides is 2. The van der Waals surface area contributed by atoms with E-state index in [0.717, 1.165) is 11.3 Å². The van der Waals surface area contributed by atoms with Gasteiger partial charge in [0.15, 0.2) is 15.5 Å². The van der Waals surface area contributed by atoms with Crippen LogP contribution in [0.25, 0.3) is 0 Å². The van der Waals surface area contributed by atoms with E-state index >= 15 is 0 Å². The van der Waals surface area contributed by atoms with E-state index in [9.17, 15) is 18.0 Å². The van der Waals surface area contributed by atoms with Crippen LogP contribution < -0.4 is 10.6 Å². The first-order chi connectivity index (χ1) is 9.77. The highest BCUT2D eigenvalue weighted by molar-refractivity contribution is 7.91. The van der Waals surface area contributed by atoms with Gasteiger partial charge in [-0.3, -0.25) is 0 Å². The van der Waals surface area contributed by atoms with Crippen molar-refractivity contribution in [2.75, 3.05) is 11.5 Å². The van der Waals surface area contributed by atoms with Crippen molar-refractivity contribution in [3.8, 4) is 0 Å². The van der Waals surface area contributed by atoms with Gasteiger partial charge in [0.1, 0.15) is 5.01 Å².